The molecule has 0 saturated carbocycles. The normalized spacial score (nSPS) is 18.8. The minimum absolute atomic E-state index is 0.854. The van der Waals surface area contributed by atoms with E-state index in [1.54, 1.807) is 0 Å². The second-order valence-corrected chi connectivity index (χ2v) is 3.08. The summed E-state index contributed by atoms with van der Waals surface area (Å²) >= 11 is 0. The number of fused-ring (bicyclic) bond motifs is 1. The number of rotatable bonds is 0. The number of nitrogens with two attached hydrogens (primary N) is 1. The Kier molecular flexibility index (Phi) is 1.82. The lowest BCUT2D eigenvalue weighted by Crippen LogP contribution is -2.33. The fraction of sp³-hybridized carbons (Fsp3) is 0.714. The zero-order valence-corrected chi connectivity index (χ0v) is 7.19. The fourth-order valence-corrected chi connectivity index (χ4v) is 1.44. The molecule has 0 bridgehead atoms. The smallest absolute Gasteiger partial charge is 0.147 e. The predicted molar refractivity (Wildman–Crippen MR) is 44.2 cm³/mol. The Labute approximate surface area is 71.1 Å². The number of hydrogen-bond acceptors (Lipinski definition) is 4. The Balaban J connectivity index is 2.24. The van der Waals surface area contributed by atoms with Gasteiger partial charge in [0, 0.05) is 19.5 Å². The van der Waals surface area contributed by atoms with E-state index in [2.05, 4.69) is 10.1 Å². The average Bonchev–Trinajstić information content (AvgIpc) is 2.31. The summed E-state index contributed by atoms with van der Waals surface area (Å²) in [7, 11) is 0. The number of aromatic nitrogens is 3. The standard InChI is InChI=1S/C7H13N5/c1-6-9-7-2-3-11(8)4-5-12(7)10-6/h2-5,8H2,1H3. The fourth-order valence-electron chi connectivity index (χ4n) is 1.44. The van der Waals surface area contributed by atoms with Crippen LogP contribution in [-0.2, 0) is 13.0 Å². The third-order valence-corrected chi connectivity index (χ3v) is 2.08. The summed E-state index contributed by atoms with van der Waals surface area (Å²) in [6, 6.07) is 0. The highest BCUT2D eigenvalue weighted by Crippen LogP contribution is 2.03. The molecule has 1 aromatic rings. The zero-order valence-electron chi connectivity index (χ0n) is 7.19. The molecule has 0 atom stereocenters. The lowest BCUT2D eigenvalue weighted by molar-refractivity contribution is 0.286. The van der Waals surface area contributed by atoms with Gasteiger partial charge < -0.3 is 0 Å². The molecule has 0 unspecified atom stereocenters. The van der Waals surface area contributed by atoms with Crippen LogP contribution in [0.2, 0.25) is 0 Å². The van der Waals surface area contributed by atoms with Gasteiger partial charge in [-0.25, -0.2) is 14.7 Å². The van der Waals surface area contributed by atoms with Crippen molar-refractivity contribution >= 4 is 0 Å². The Bertz CT molecular complexity index is 254. The van der Waals surface area contributed by atoms with Gasteiger partial charge in [0.2, 0.25) is 0 Å². The maximum atomic E-state index is 5.68. The molecule has 2 heterocycles. The summed E-state index contributed by atoms with van der Waals surface area (Å²) in [5, 5.41) is 6.08. The number of nitrogens with zero attached hydrogens (tertiary/aromatic N) is 4. The van der Waals surface area contributed by atoms with Crippen molar-refractivity contribution in [3.05, 3.63) is 11.6 Å². The maximum absolute atomic E-state index is 5.68. The van der Waals surface area contributed by atoms with Crippen LogP contribution in [0.15, 0.2) is 0 Å². The molecule has 0 aromatic carbocycles. The van der Waals surface area contributed by atoms with E-state index in [1.807, 2.05) is 16.6 Å². The van der Waals surface area contributed by atoms with Crippen LogP contribution < -0.4 is 5.84 Å². The first-order chi connectivity index (χ1) is 5.75. The number of hydrogen-bond donors (Lipinski definition) is 1. The molecule has 0 amide bonds. The molecule has 1 aliphatic rings. The van der Waals surface area contributed by atoms with Gasteiger partial charge in [-0.05, 0) is 6.92 Å². The summed E-state index contributed by atoms with van der Waals surface area (Å²) in [6.07, 6.45) is 0.900. The average molecular weight is 167 g/mol. The summed E-state index contributed by atoms with van der Waals surface area (Å²) in [4.78, 5) is 4.32. The lowest BCUT2D eigenvalue weighted by Gasteiger charge is -2.10. The first-order valence-corrected chi connectivity index (χ1v) is 4.15. The molecule has 1 aliphatic heterocycles. The zero-order chi connectivity index (χ0) is 8.55. The topological polar surface area (TPSA) is 60.0 Å². The molecule has 12 heavy (non-hydrogen) atoms. The van der Waals surface area contributed by atoms with Crippen LogP contribution in [0.1, 0.15) is 11.6 Å². The Morgan fingerprint density at radius 2 is 2.17 bits per heavy atom. The summed E-state index contributed by atoms with van der Waals surface area (Å²) in [5.74, 6) is 7.59. The van der Waals surface area contributed by atoms with E-state index in [-0.39, 0.29) is 0 Å². The first kappa shape index (κ1) is 7.70. The number of hydrazine groups is 1. The molecule has 66 valence electrons. The lowest BCUT2D eigenvalue weighted by atomic mass is 10.4. The van der Waals surface area contributed by atoms with Crippen molar-refractivity contribution in [3.63, 3.8) is 0 Å². The highest BCUT2D eigenvalue weighted by atomic mass is 15.4. The molecular formula is C7H13N5. The molecule has 0 radical (unpaired) electrons. The van der Waals surface area contributed by atoms with Gasteiger partial charge in [-0.3, -0.25) is 5.84 Å². The second kappa shape index (κ2) is 2.84. The van der Waals surface area contributed by atoms with E-state index in [1.165, 1.54) is 0 Å². The highest BCUT2D eigenvalue weighted by molar-refractivity contribution is 4.93. The summed E-state index contributed by atoms with van der Waals surface area (Å²) in [6.45, 7) is 4.50. The number of aryl methyl sites for hydroxylation is 1. The van der Waals surface area contributed by atoms with Crippen LogP contribution in [0.5, 0.6) is 0 Å². The Hall–Kier alpha value is -0.940. The van der Waals surface area contributed by atoms with Crippen molar-refractivity contribution in [2.75, 3.05) is 13.1 Å². The predicted octanol–water partition coefficient (Wildman–Crippen LogP) is -0.682. The van der Waals surface area contributed by atoms with E-state index < -0.39 is 0 Å². The monoisotopic (exact) mass is 167 g/mol. The summed E-state index contributed by atoms with van der Waals surface area (Å²) < 4.78 is 1.95. The van der Waals surface area contributed by atoms with Gasteiger partial charge in [-0.15, -0.1) is 0 Å². The van der Waals surface area contributed by atoms with Gasteiger partial charge in [0.15, 0.2) is 0 Å². The molecule has 0 fully saturated rings. The Morgan fingerprint density at radius 3 is 3.00 bits per heavy atom. The molecule has 1 aromatic heterocycles. The van der Waals surface area contributed by atoms with Crippen molar-refractivity contribution in [2.24, 2.45) is 5.84 Å². The van der Waals surface area contributed by atoms with Gasteiger partial charge in [-0.2, -0.15) is 5.10 Å². The SMILES string of the molecule is Cc1nc2n(n1)CCN(N)CC2. The minimum atomic E-state index is 0.854. The molecule has 5 heteroatoms. The van der Waals surface area contributed by atoms with E-state index in [4.69, 9.17) is 5.84 Å². The van der Waals surface area contributed by atoms with Gasteiger partial charge in [0.05, 0.1) is 6.54 Å². The van der Waals surface area contributed by atoms with Gasteiger partial charge in [0.25, 0.3) is 0 Å². The largest absolute Gasteiger partial charge is 0.269 e. The van der Waals surface area contributed by atoms with Crippen molar-refractivity contribution < 1.29 is 0 Å². The van der Waals surface area contributed by atoms with E-state index in [9.17, 15) is 0 Å². The second-order valence-electron chi connectivity index (χ2n) is 3.08. The van der Waals surface area contributed by atoms with Crippen LogP contribution in [0.25, 0.3) is 0 Å². The molecule has 2 N–H and O–H groups in total. The third kappa shape index (κ3) is 1.33. The molecule has 0 saturated heterocycles. The summed E-state index contributed by atoms with van der Waals surface area (Å²) in [5.41, 5.74) is 0. The quantitative estimate of drug-likeness (QED) is 0.520. The molecule has 2 rings (SSSR count). The first-order valence-electron chi connectivity index (χ1n) is 4.15. The third-order valence-electron chi connectivity index (χ3n) is 2.08. The highest BCUT2D eigenvalue weighted by Gasteiger charge is 2.13. The molecule has 5 nitrogen and oxygen atoms in total. The van der Waals surface area contributed by atoms with Crippen LogP contribution in [-0.4, -0.2) is 32.9 Å². The van der Waals surface area contributed by atoms with Crippen molar-refractivity contribution in [1.29, 1.82) is 0 Å². The maximum Gasteiger partial charge on any atom is 0.147 e. The van der Waals surface area contributed by atoms with E-state index in [0.717, 1.165) is 37.7 Å². The molecular weight excluding hydrogens is 154 g/mol. The van der Waals surface area contributed by atoms with Crippen molar-refractivity contribution in [3.8, 4) is 0 Å². The Morgan fingerprint density at radius 1 is 1.33 bits per heavy atom. The van der Waals surface area contributed by atoms with Gasteiger partial charge in [-0.1, -0.05) is 0 Å². The molecule has 0 spiro atoms. The van der Waals surface area contributed by atoms with Crippen LogP contribution in [0.3, 0.4) is 0 Å². The van der Waals surface area contributed by atoms with Crippen molar-refractivity contribution in [2.45, 2.75) is 19.9 Å². The van der Waals surface area contributed by atoms with Crippen LogP contribution in [0.4, 0.5) is 0 Å². The van der Waals surface area contributed by atoms with E-state index >= 15 is 0 Å². The van der Waals surface area contributed by atoms with Gasteiger partial charge >= 0.3 is 0 Å². The van der Waals surface area contributed by atoms with Crippen molar-refractivity contribution in [1.82, 2.24) is 19.8 Å². The van der Waals surface area contributed by atoms with Gasteiger partial charge in [0.1, 0.15) is 11.6 Å². The molecule has 0 aliphatic carbocycles. The van der Waals surface area contributed by atoms with E-state index in [0.29, 0.717) is 0 Å². The van der Waals surface area contributed by atoms with Crippen LogP contribution in [0, 0.1) is 6.92 Å². The van der Waals surface area contributed by atoms with Crippen LogP contribution >= 0.6 is 0 Å². The minimum Gasteiger partial charge on any atom is -0.269 e.